The Balaban J connectivity index is 2.89. The molecule has 2 rings (SSSR count). The predicted octanol–water partition coefficient (Wildman–Crippen LogP) is 3.46. The molecule has 0 aliphatic rings. The van der Waals surface area contributed by atoms with Crippen LogP contribution in [0.15, 0.2) is 16.5 Å². The average molecular weight is 221 g/mol. The third kappa shape index (κ3) is 1.52. The summed E-state index contributed by atoms with van der Waals surface area (Å²) in [6, 6.07) is 3.21. The third-order valence-corrected chi connectivity index (χ3v) is 2.86. The SMILES string of the molecule is Cc1ccc(F)c2c(C(C)C)c(CN)oc12. The topological polar surface area (TPSA) is 39.2 Å². The van der Waals surface area contributed by atoms with Crippen LogP contribution in [0.1, 0.15) is 36.7 Å². The number of rotatable bonds is 2. The van der Waals surface area contributed by atoms with Gasteiger partial charge in [-0.1, -0.05) is 19.9 Å². The molecular formula is C13H16FNO. The van der Waals surface area contributed by atoms with Crippen LogP contribution in [0, 0.1) is 12.7 Å². The van der Waals surface area contributed by atoms with Crippen LogP contribution < -0.4 is 5.73 Å². The number of fused-ring (bicyclic) bond motifs is 1. The van der Waals surface area contributed by atoms with Gasteiger partial charge in [0.2, 0.25) is 0 Å². The van der Waals surface area contributed by atoms with Gasteiger partial charge in [0.1, 0.15) is 17.2 Å². The van der Waals surface area contributed by atoms with Gasteiger partial charge in [-0.2, -0.15) is 0 Å². The predicted molar refractivity (Wildman–Crippen MR) is 62.9 cm³/mol. The fraction of sp³-hybridized carbons (Fsp3) is 0.385. The molecule has 2 aromatic rings. The smallest absolute Gasteiger partial charge is 0.140 e. The molecule has 0 aliphatic carbocycles. The monoisotopic (exact) mass is 221 g/mol. The second-order valence-corrected chi connectivity index (χ2v) is 4.37. The molecule has 0 atom stereocenters. The van der Waals surface area contributed by atoms with Gasteiger partial charge < -0.3 is 10.2 Å². The van der Waals surface area contributed by atoms with Crippen molar-refractivity contribution in [2.75, 3.05) is 0 Å². The first kappa shape index (κ1) is 11.1. The van der Waals surface area contributed by atoms with Crippen molar-refractivity contribution in [2.24, 2.45) is 5.73 Å². The fourth-order valence-corrected chi connectivity index (χ4v) is 2.13. The Kier molecular flexibility index (Phi) is 2.72. The Morgan fingerprint density at radius 3 is 2.62 bits per heavy atom. The number of aryl methyl sites for hydroxylation is 1. The Hall–Kier alpha value is -1.35. The summed E-state index contributed by atoms with van der Waals surface area (Å²) in [5.74, 6) is 0.669. The van der Waals surface area contributed by atoms with E-state index >= 15 is 0 Å². The maximum Gasteiger partial charge on any atom is 0.140 e. The highest BCUT2D eigenvalue weighted by atomic mass is 19.1. The Bertz CT molecular complexity index is 528. The molecule has 0 bridgehead atoms. The molecule has 0 saturated heterocycles. The summed E-state index contributed by atoms with van der Waals surface area (Å²) in [4.78, 5) is 0. The maximum atomic E-state index is 13.8. The number of hydrogen-bond acceptors (Lipinski definition) is 2. The van der Waals surface area contributed by atoms with Crippen LogP contribution in [0.2, 0.25) is 0 Å². The summed E-state index contributed by atoms with van der Waals surface area (Å²) in [6.45, 7) is 6.26. The second kappa shape index (κ2) is 3.91. The Labute approximate surface area is 94.2 Å². The minimum Gasteiger partial charge on any atom is -0.459 e. The van der Waals surface area contributed by atoms with Crippen molar-refractivity contribution >= 4 is 11.0 Å². The summed E-state index contributed by atoms with van der Waals surface area (Å²) in [7, 11) is 0. The van der Waals surface area contributed by atoms with Gasteiger partial charge in [0.05, 0.1) is 11.9 Å². The van der Waals surface area contributed by atoms with Gasteiger partial charge in [0.15, 0.2) is 0 Å². The molecule has 16 heavy (non-hydrogen) atoms. The van der Waals surface area contributed by atoms with Crippen molar-refractivity contribution in [3.8, 4) is 0 Å². The molecule has 2 nitrogen and oxygen atoms in total. The average Bonchev–Trinajstić information content (AvgIpc) is 2.64. The van der Waals surface area contributed by atoms with Crippen LogP contribution in [0.25, 0.3) is 11.0 Å². The first-order valence-electron chi connectivity index (χ1n) is 5.46. The van der Waals surface area contributed by atoms with Crippen molar-refractivity contribution in [1.82, 2.24) is 0 Å². The first-order valence-corrected chi connectivity index (χ1v) is 5.46. The van der Waals surface area contributed by atoms with E-state index < -0.39 is 0 Å². The number of hydrogen-bond donors (Lipinski definition) is 1. The molecule has 1 aromatic heterocycles. The number of benzene rings is 1. The highest BCUT2D eigenvalue weighted by Gasteiger charge is 2.20. The normalized spacial score (nSPS) is 11.6. The van der Waals surface area contributed by atoms with E-state index in [4.69, 9.17) is 10.2 Å². The molecule has 0 amide bonds. The fourth-order valence-electron chi connectivity index (χ4n) is 2.13. The highest BCUT2D eigenvalue weighted by Crippen LogP contribution is 2.34. The van der Waals surface area contributed by atoms with Crippen molar-refractivity contribution in [1.29, 1.82) is 0 Å². The standard InChI is InChI=1S/C13H16FNO/c1-7(2)11-10(6-15)16-13-8(3)4-5-9(14)12(11)13/h4-5,7H,6,15H2,1-3H3. The zero-order valence-corrected chi connectivity index (χ0v) is 9.80. The molecule has 2 N–H and O–H groups in total. The molecular weight excluding hydrogens is 205 g/mol. The van der Waals surface area contributed by atoms with Crippen LogP contribution in [-0.2, 0) is 6.54 Å². The summed E-state index contributed by atoms with van der Waals surface area (Å²) in [5, 5.41) is 0.593. The maximum absolute atomic E-state index is 13.8. The largest absolute Gasteiger partial charge is 0.459 e. The van der Waals surface area contributed by atoms with Crippen LogP contribution in [0.5, 0.6) is 0 Å². The summed E-state index contributed by atoms with van der Waals surface area (Å²) in [6.07, 6.45) is 0. The molecule has 0 fully saturated rings. The second-order valence-electron chi connectivity index (χ2n) is 4.37. The lowest BCUT2D eigenvalue weighted by atomic mass is 9.98. The van der Waals surface area contributed by atoms with E-state index in [1.165, 1.54) is 6.07 Å². The molecule has 1 aromatic carbocycles. The molecule has 0 unspecified atom stereocenters. The lowest BCUT2D eigenvalue weighted by Gasteiger charge is -2.05. The van der Waals surface area contributed by atoms with E-state index in [0.717, 1.165) is 11.1 Å². The van der Waals surface area contributed by atoms with Crippen LogP contribution in [-0.4, -0.2) is 0 Å². The summed E-state index contributed by atoms with van der Waals surface area (Å²) in [5.41, 5.74) is 8.11. The highest BCUT2D eigenvalue weighted by molar-refractivity contribution is 5.86. The van der Waals surface area contributed by atoms with E-state index in [1.54, 1.807) is 6.07 Å². The third-order valence-electron chi connectivity index (χ3n) is 2.86. The molecule has 3 heteroatoms. The van der Waals surface area contributed by atoms with Gasteiger partial charge in [-0.05, 0) is 24.5 Å². The van der Waals surface area contributed by atoms with E-state index in [-0.39, 0.29) is 11.7 Å². The van der Waals surface area contributed by atoms with E-state index in [2.05, 4.69) is 0 Å². The van der Waals surface area contributed by atoms with Crippen molar-refractivity contribution in [2.45, 2.75) is 33.2 Å². The first-order chi connectivity index (χ1) is 7.56. The molecule has 0 saturated carbocycles. The zero-order chi connectivity index (χ0) is 11.9. The number of nitrogens with two attached hydrogens (primary N) is 1. The van der Waals surface area contributed by atoms with Gasteiger partial charge in [-0.15, -0.1) is 0 Å². The molecule has 0 radical (unpaired) electrons. The van der Waals surface area contributed by atoms with Gasteiger partial charge in [0.25, 0.3) is 0 Å². The molecule has 0 spiro atoms. The lowest BCUT2D eigenvalue weighted by molar-refractivity contribution is 0.539. The number of furan rings is 1. The van der Waals surface area contributed by atoms with Crippen molar-refractivity contribution < 1.29 is 8.81 Å². The summed E-state index contributed by atoms with van der Waals surface area (Å²) >= 11 is 0. The van der Waals surface area contributed by atoms with Crippen molar-refractivity contribution in [3.05, 3.63) is 34.8 Å². The van der Waals surface area contributed by atoms with Crippen molar-refractivity contribution in [3.63, 3.8) is 0 Å². The minimum absolute atomic E-state index is 0.205. The quantitative estimate of drug-likeness (QED) is 0.843. The Morgan fingerprint density at radius 2 is 2.06 bits per heavy atom. The molecule has 1 heterocycles. The minimum atomic E-state index is -0.229. The summed E-state index contributed by atoms with van der Waals surface area (Å²) < 4.78 is 19.5. The zero-order valence-electron chi connectivity index (χ0n) is 9.80. The van der Waals surface area contributed by atoms with Gasteiger partial charge in [-0.25, -0.2) is 4.39 Å². The van der Waals surface area contributed by atoms with E-state index in [0.29, 0.717) is 23.3 Å². The van der Waals surface area contributed by atoms with E-state index in [9.17, 15) is 4.39 Å². The number of halogens is 1. The van der Waals surface area contributed by atoms with Crippen LogP contribution in [0.3, 0.4) is 0 Å². The van der Waals surface area contributed by atoms with Crippen LogP contribution in [0.4, 0.5) is 4.39 Å². The Morgan fingerprint density at radius 1 is 1.38 bits per heavy atom. The van der Waals surface area contributed by atoms with Crippen LogP contribution >= 0.6 is 0 Å². The van der Waals surface area contributed by atoms with Gasteiger partial charge >= 0.3 is 0 Å². The molecule has 86 valence electrons. The molecule has 0 aliphatic heterocycles. The van der Waals surface area contributed by atoms with Gasteiger partial charge in [-0.3, -0.25) is 0 Å². The van der Waals surface area contributed by atoms with Gasteiger partial charge in [0, 0.05) is 5.56 Å². The lowest BCUT2D eigenvalue weighted by Crippen LogP contribution is -2.00. The van der Waals surface area contributed by atoms with E-state index in [1.807, 2.05) is 20.8 Å².